The van der Waals surface area contributed by atoms with Gasteiger partial charge < -0.3 is 10.0 Å². The van der Waals surface area contributed by atoms with Crippen LogP contribution in [0.3, 0.4) is 0 Å². The number of anilines is 1. The van der Waals surface area contributed by atoms with Crippen LogP contribution in [0, 0.1) is 5.82 Å². The molecule has 5 heteroatoms. The van der Waals surface area contributed by atoms with Gasteiger partial charge in [0.15, 0.2) is 0 Å². The van der Waals surface area contributed by atoms with E-state index in [2.05, 4.69) is 14.7 Å². The smallest absolute Gasteiger partial charge is 0.123 e. The fraction of sp³-hybridized carbons (Fsp3) is 0.667. The van der Waals surface area contributed by atoms with E-state index in [1.807, 2.05) is 12.1 Å². The van der Waals surface area contributed by atoms with E-state index < -0.39 is 0 Å². The summed E-state index contributed by atoms with van der Waals surface area (Å²) in [5.74, 6) is -0.174. The molecule has 0 aliphatic carbocycles. The van der Waals surface area contributed by atoms with E-state index in [0.29, 0.717) is 0 Å². The van der Waals surface area contributed by atoms with Gasteiger partial charge in [0.25, 0.3) is 0 Å². The molecule has 3 rings (SSSR count). The molecule has 0 radical (unpaired) electrons. The van der Waals surface area contributed by atoms with Crippen LogP contribution in [0.4, 0.5) is 10.1 Å². The lowest BCUT2D eigenvalue weighted by Crippen LogP contribution is -2.47. The molecule has 4 nitrogen and oxygen atoms in total. The van der Waals surface area contributed by atoms with Crippen molar-refractivity contribution in [1.29, 1.82) is 0 Å². The molecule has 1 aromatic rings. The monoisotopic (exact) mass is 321 g/mol. The lowest BCUT2D eigenvalue weighted by atomic mass is 10.1. The van der Waals surface area contributed by atoms with Gasteiger partial charge in [-0.3, -0.25) is 9.80 Å². The van der Waals surface area contributed by atoms with Crippen molar-refractivity contribution in [2.24, 2.45) is 0 Å². The summed E-state index contributed by atoms with van der Waals surface area (Å²) in [7, 11) is 0. The van der Waals surface area contributed by atoms with Crippen molar-refractivity contribution in [3.63, 3.8) is 0 Å². The Hall–Kier alpha value is -1.17. The minimum absolute atomic E-state index is 0.174. The first-order valence-corrected chi connectivity index (χ1v) is 8.87. The minimum atomic E-state index is -0.223. The lowest BCUT2D eigenvalue weighted by Gasteiger charge is -2.37. The van der Waals surface area contributed by atoms with Gasteiger partial charge in [-0.05, 0) is 56.5 Å². The van der Waals surface area contributed by atoms with Crippen molar-refractivity contribution >= 4 is 5.69 Å². The van der Waals surface area contributed by atoms with Gasteiger partial charge in [0.1, 0.15) is 12.0 Å². The molecule has 0 aromatic heterocycles. The fourth-order valence-corrected chi connectivity index (χ4v) is 3.61. The highest BCUT2D eigenvalue weighted by molar-refractivity contribution is 5.46. The maximum atomic E-state index is 13.0. The van der Waals surface area contributed by atoms with E-state index in [-0.39, 0.29) is 12.0 Å². The molecule has 23 heavy (non-hydrogen) atoms. The normalized spacial score (nSPS) is 24.1. The van der Waals surface area contributed by atoms with E-state index >= 15 is 0 Å². The Balaban J connectivity index is 1.37. The van der Waals surface area contributed by atoms with E-state index in [4.69, 9.17) is 0 Å². The fourth-order valence-electron chi connectivity index (χ4n) is 3.61. The third-order valence-electron chi connectivity index (χ3n) is 5.06. The summed E-state index contributed by atoms with van der Waals surface area (Å²) in [6.07, 6.45) is 4.19. The van der Waals surface area contributed by atoms with Crippen molar-refractivity contribution in [3.05, 3.63) is 30.1 Å². The molecular weight excluding hydrogens is 293 g/mol. The topological polar surface area (TPSA) is 30.0 Å². The highest BCUT2D eigenvalue weighted by Gasteiger charge is 2.20. The number of hydrogen-bond donors (Lipinski definition) is 1. The zero-order chi connectivity index (χ0) is 16.1. The molecule has 2 aliphatic heterocycles. The number of aliphatic hydroxyl groups is 1. The number of piperidine rings is 1. The molecule has 1 aromatic carbocycles. The van der Waals surface area contributed by atoms with Gasteiger partial charge in [0.2, 0.25) is 0 Å². The Morgan fingerprint density at radius 1 is 0.957 bits per heavy atom. The highest BCUT2D eigenvalue weighted by atomic mass is 19.1. The number of aliphatic hydroxyl groups excluding tert-OH is 1. The highest BCUT2D eigenvalue weighted by Crippen LogP contribution is 2.18. The minimum Gasteiger partial charge on any atom is -0.378 e. The number of halogens is 1. The molecule has 0 saturated carbocycles. The number of benzene rings is 1. The summed E-state index contributed by atoms with van der Waals surface area (Å²) in [6.45, 7) is 7.25. The second kappa shape index (κ2) is 8.08. The van der Waals surface area contributed by atoms with E-state index in [1.165, 1.54) is 18.6 Å². The zero-order valence-electron chi connectivity index (χ0n) is 13.8. The lowest BCUT2D eigenvalue weighted by molar-refractivity contribution is -0.0252. The predicted octanol–water partition coefficient (Wildman–Crippen LogP) is 2.14. The predicted molar refractivity (Wildman–Crippen MR) is 91.1 cm³/mol. The Kier molecular flexibility index (Phi) is 5.86. The molecule has 1 atom stereocenters. The van der Waals surface area contributed by atoms with Crippen molar-refractivity contribution in [2.45, 2.75) is 31.9 Å². The number of rotatable bonds is 5. The van der Waals surface area contributed by atoms with Gasteiger partial charge in [0, 0.05) is 45.0 Å². The van der Waals surface area contributed by atoms with E-state index in [1.54, 1.807) is 0 Å². The zero-order valence-corrected chi connectivity index (χ0v) is 13.8. The third-order valence-corrected chi connectivity index (χ3v) is 5.06. The van der Waals surface area contributed by atoms with Crippen molar-refractivity contribution < 1.29 is 9.50 Å². The standard InChI is InChI=1S/C18H28FN3O/c19-16-5-7-17(8-6-16)21-14-12-20(13-15-21)9-3-11-22-10-2-1-4-18(22)23/h5-8,18,23H,1-4,9-15H2. The number of nitrogens with zero attached hydrogens (tertiary/aromatic N) is 3. The summed E-state index contributed by atoms with van der Waals surface area (Å²) in [5, 5.41) is 9.97. The number of piperazine rings is 1. The summed E-state index contributed by atoms with van der Waals surface area (Å²) in [6, 6.07) is 6.79. The molecular formula is C18H28FN3O. The Bertz CT molecular complexity index is 474. The van der Waals surface area contributed by atoms with Crippen LogP contribution in [0.5, 0.6) is 0 Å². The van der Waals surface area contributed by atoms with Gasteiger partial charge in [-0.15, -0.1) is 0 Å². The maximum absolute atomic E-state index is 13.0. The molecule has 2 fully saturated rings. The van der Waals surface area contributed by atoms with Crippen LogP contribution in [0.2, 0.25) is 0 Å². The molecule has 0 spiro atoms. The summed E-state index contributed by atoms with van der Waals surface area (Å²) in [5.41, 5.74) is 1.11. The summed E-state index contributed by atoms with van der Waals surface area (Å²) in [4.78, 5) is 7.04. The van der Waals surface area contributed by atoms with Crippen LogP contribution < -0.4 is 4.90 Å². The molecule has 1 N–H and O–H groups in total. The Labute approximate surface area is 138 Å². The number of likely N-dealkylation sites (tertiary alicyclic amines) is 1. The molecule has 2 aliphatic rings. The van der Waals surface area contributed by atoms with Gasteiger partial charge in [0.05, 0.1) is 0 Å². The SMILES string of the molecule is OC1CCCCN1CCCN1CCN(c2ccc(F)cc2)CC1. The molecule has 128 valence electrons. The molecule has 2 heterocycles. The van der Waals surface area contributed by atoms with Crippen LogP contribution in [0.25, 0.3) is 0 Å². The van der Waals surface area contributed by atoms with Crippen molar-refractivity contribution in [1.82, 2.24) is 9.80 Å². The van der Waals surface area contributed by atoms with Crippen molar-refractivity contribution in [3.8, 4) is 0 Å². The molecule has 2 saturated heterocycles. The van der Waals surface area contributed by atoms with Crippen LogP contribution in [0.15, 0.2) is 24.3 Å². The Morgan fingerprint density at radius 2 is 1.70 bits per heavy atom. The Morgan fingerprint density at radius 3 is 2.39 bits per heavy atom. The second-order valence-electron chi connectivity index (χ2n) is 6.67. The van der Waals surface area contributed by atoms with Gasteiger partial charge in [-0.2, -0.15) is 0 Å². The molecule has 1 unspecified atom stereocenters. The first kappa shape index (κ1) is 16.7. The first-order chi connectivity index (χ1) is 11.2. The van der Waals surface area contributed by atoms with Crippen LogP contribution in [-0.2, 0) is 0 Å². The van der Waals surface area contributed by atoms with Crippen molar-refractivity contribution in [2.75, 3.05) is 50.7 Å². The second-order valence-corrected chi connectivity index (χ2v) is 6.67. The average Bonchev–Trinajstić information content (AvgIpc) is 2.58. The quantitative estimate of drug-likeness (QED) is 0.900. The summed E-state index contributed by atoms with van der Waals surface area (Å²) < 4.78 is 13.0. The van der Waals surface area contributed by atoms with Gasteiger partial charge >= 0.3 is 0 Å². The average molecular weight is 321 g/mol. The maximum Gasteiger partial charge on any atom is 0.123 e. The van der Waals surface area contributed by atoms with Gasteiger partial charge in [-0.1, -0.05) is 0 Å². The van der Waals surface area contributed by atoms with E-state index in [0.717, 1.165) is 70.8 Å². The third kappa shape index (κ3) is 4.66. The summed E-state index contributed by atoms with van der Waals surface area (Å²) >= 11 is 0. The molecule has 0 amide bonds. The molecule has 0 bridgehead atoms. The van der Waals surface area contributed by atoms with Crippen LogP contribution >= 0.6 is 0 Å². The van der Waals surface area contributed by atoms with Gasteiger partial charge in [-0.25, -0.2) is 4.39 Å². The van der Waals surface area contributed by atoms with Crippen LogP contribution in [0.1, 0.15) is 25.7 Å². The number of hydrogen-bond acceptors (Lipinski definition) is 4. The van der Waals surface area contributed by atoms with Crippen LogP contribution in [-0.4, -0.2) is 66.9 Å². The largest absolute Gasteiger partial charge is 0.378 e. The first-order valence-electron chi connectivity index (χ1n) is 8.87. The van der Waals surface area contributed by atoms with E-state index in [9.17, 15) is 9.50 Å².